The van der Waals surface area contributed by atoms with Gasteiger partial charge in [-0.1, -0.05) is 11.2 Å². The number of anilines is 2. The Morgan fingerprint density at radius 2 is 2.04 bits per heavy atom. The number of carbonyl (C=O) groups is 1. The largest absolute Gasteiger partial charge is 0.497 e. The van der Waals surface area contributed by atoms with Crippen LogP contribution in [0.25, 0.3) is 0 Å². The highest BCUT2D eigenvalue weighted by Crippen LogP contribution is 2.22. The van der Waals surface area contributed by atoms with E-state index in [9.17, 15) is 4.79 Å². The maximum Gasteiger partial charge on any atom is 0.243 e. The summed E-state index contributed by atoms with van der Waals surface area (Å²) in [6.07, 6.45) is 0. The Balaban J connectivity index is 1.55. The number of piperazine rings is 1. The molecular weight excluding hydrogens is 320 g/mol. The van der Waals surface area contributed by atoms with Crippen molar-refractivity contribution in [3.05, 3.63) is 36.0 Å². The van der Waals surface area contributed by atoms with Crippen LogP contribution >= 0.6 is 0 Å². The van der Waals surface area contributed by atoms with Crippen molar-refractivity contribution >= 4 is 17.5 Å². The van der Waals surface area contributed by atoms with Gasteiger partial charge in [0.2, 0.25) is 11.8 Å². The lowest BCUT2D eigenvalue weighted by Crippen LogP contribution is -2.52. The first kappa shape index (κ1) is 17.3. The molecule has 1 unspecified atom stereocenters. The minimum atomic E-state index is -0.224. The van der Waals surface area contributed by atoms with E-state index in [0.29, 0.717) is 5.88 Å². The number of aromatic nitrogens is 1. The molecule has 1 aliphatic heterocycles. The zero-order chi connectivity index (χ0) is 17.8. The molecule has 2 aromatic rings. The number of aryl methyl sites for hydroxylation is 1. The highest BCUT2D eigenvalue weighted by molar-refractivity contribution is 5.93. The maximum absolute atomic E-state index is 12.4. The molecule has 0 bridgehead atoms. The van der Waals surface area contributed by atoms with Crippen LogP contribution in [0.15, 0.2) is 34.9 Å². The van der Waals surface area contributed by atoms with Crippen molar-refractivity contribution in [1.82, 2.24) is 10.1 Å². The molecule has 3 rings (SSSR count). The zero-order valence-electron chi connectivity index (χ0n) is 14.9. The molecule has 1 fully saturated rings. The first-order valence-corrected chi connectivity index (χ1v) is 8.44. The molecule has 7 nitrogen and oxygen atoms in total. The summed E-state index contributed by atoms with van der Waals surface area (Å²) in [6, 6.07) is 9.55. The van der Waals surface area contributed by atoms with Crippen LogP contribution in [0.4, 0.5) is 11.6 Å². The van der Waals surface area contributed by atoms with Gasteiger partial charge in [0.25, 0.3) is 0 Å². The fraction of sp³-hybridized carbons (Fsp3) is 0.444. The van der Waals surface area contributed by atoms with E-state index < -0.39 is 0 Å². The summed E-state index contributed by atoms with van der Waals surface area (Å²) in [5.41, 5.74) is 1.89. The smallest absolute Gasteiger partial charge is 0.243 e. The summed E-state index contributed by atoms with van der Waals surface area (Å²) in [6.45, 7) is 7.11. The van der Waals surface area contributed by atoms with Crippen LogP contribution in [0.1, 0.15) is 12.6 Å². The molecule has 1 atom stereocenters. The first-order valence-electron chi connectivity index (χ1n) is 8.44. The fourth-order valence-electron chi connectivity index (χ4n) is 2.99. The van der Waals surface area contributed by atoms with E-state index in [4.69, 9.17) is 9.26 Å². The summed E-state index contributed by atoms with van der Waals surface area (Å²) >= 11 is 0. The summed E-state index contributed by atoms with van der Waals surface area (Å²) in [5, 5.41) is 6.56. The van der Waals surface area contributed by atoms with Crippen LogP contribution in [-0.2, 0) is 4.79 Å². The van der Waals surface area contributed by atoms with Gasteiger partial charge in [0.05, 0.1) is 18.8 Å². The number of amides is 1. The summed E-state index contributed by atoms with van der Waals surface area (Å²) in [7, 11) is 1.67. The first-order chi connectivity index (χ1) is 12.1. The number of hydrogen-bond donors (Lipinski definition) is 1. The monoisotopic (exact) mass is 344 g/mol. The van der Waals surface area contributed by atoms with E-state index in [0.717, 1.165) is 43.3 Å². The summed E-state index contributed by atoms with van der Waals surface area (Å²) < 4.78 is 10.3. The van der Waals surface area contributed by atoms with Gasteiger partial charge in [-0.05, 0) is 26.0 Å². The Morgan fingerprint density at radius 1 is 1.28 bits per heavy atom. The molecular formula is C18H24N4O3. The highest BCUT2D eigenvalue weighted by atomic mass is 16.5. The van der Waals surface area contributed by atoms with Gasteiger partial charge in [-0.3, -0.25) is 15.0 Å². The Bertz CT molecular complexity index is 723. The normalized spacial score (nSPS) is 16.5. The van der Waals surface area contributed by atoms with Gasteiger partial charge in [0, 0.05) is 44.0 Å². The van der Waals surface area contributed by atoms with E-state index in [1.54, 1.807) is 13.2 Å². The Kier molecular flexibility index (Phi) is 5.23. The second-order valence-corrected chi connectivity index (χ2v) is 6.22. The lowest BCUT2D eigenvalue weighted by molar-refractivity contribution is -0.121. The third-order valence-corrected chi connectivity index (χ3v) is 4.53. The lowest BCUT2D eigenvalue weighted by atomic mass is 10.2. The lowest BCUT2D eigenvalue weighted by Gasteiger charge is -2.38. The van der Waals surface area contributed by atoms with Crippen LogP contribution in [0.3, 0.4) is 0 Å². The number of benzene rings is 1. The number of nitrogens with one attached hydrogen (secondary N) is 1. The Hall–Kier alpha value is -2.54. The van der Waals surface area contributed by atoms with Gasteiger partial charge >= 0.3 is 0 Å². The van der Waals surface area contributed by atoms with Gasteiger partial charge in [0.15, 0.2) is 0 Å². The van der Waals surface area contributed by atoms with Crippen molar-refractivity contribution in [2.75, 3.05) is 43.5 Å². The number of methoxy groups -OCH3 is 1. The van der Waals surface area contributed by atoms with Crippen LogP contribution in [0.5, 0.6) is 5.75 Å². The molecule has 2 heterocycles. The van der Waals surface area contributed by atoms with Gasteiger partial charge in [-0.25, -0.2) is 0 Å². The molecule has 134 valence electrons. The molecule has 1 amide bonds. The summed E-state index contributed by atoms with van der Waals surface area (Å²) in [5.74, 6) is 1.17. The predicted molar refractivity (Wildman–Crippen MR) is 96.1 cm³/mol. The molecule has 0 aliphatic carbocycles. The predicted octanol–water partition coefficient (Wildman–Crippen LogP) is 2.14. The molecule has 1 aromatic heterocycles. The molecule has 0 radical (unpaired) electrons. The van der Waals surface area contributed by atoms with Crippen molar-refractivity contribution in [2.45, 2.75) is 19.9 Å². The molecule has 1 N–H and O–H groups in total. The molecule has 1 aliphatic rings. The average Bonchev–Trinajstić information content (AvgIpc) is 3.06. The Labute approximate surface area is 147 Å². The third kappa shape index (κ3) is 4.11. The van der Waals surface area contributed by atoms with E-state index >= 15 is 0 Å². The van der Waals surface area contributed by atoms with Crippen LogP contribution in [-0.4, -0.2) is 55.3 Å². The minimum Gasteiger partial charge on any atom is -0.497 e. The topological polar surface area (TPSA) is 70.8 Å². The van der Waals surface area contributed by atoms with E-state index in [1.807, 2.05) is 32.0 Å². The highest BCUT2D eigenvalue weighted by Gasteiger charge is 2.26. The van der Waals surface area contributed by atoms with E-state index in [1.165, 1.54) is 0 Å². The molecule has 0 spiro atoms. The molecule has 1 aromatic carbocycles. The van der Waals surface area contributed by atoms with Crippen molar-refractivity contribution in [3.8, 4) is 5.75 Å². The number of carbonyl (C=O) groups excluding carboxylic acids is 1. The second-order valence-electron chi connectivity index (χ2n) is 6.22. The number of hydrogen-bond acceptors (Lipinski definition) is 6. The number of rotatable bonds is 5. The van der Waals surface area contributed by atoms with Crippen molar-refractivity contribution in [2.24, 2.45) is 0 Å². The van der Waals surface area contributed by atoms with Crippen molar-refractivity contribution < 1.29 is 14.1 Å². The molecule has 25 heavy (non-hydrogen) atoms. The summed E-state index contributed by atoms with van der Waals surface area (Å²) in [4.78, 5) is 16.9. The Morgan fingerprint density at radius 3 is 2.68 bits per heavy atom. The van der Waals surface area contributed by atoms with Crippen LogP contribution in [0.2, 0.25) is 0 Å². The van der Waals surface area contributed by atoms with Gasteiger partial charge in [0.1, 0.15) is 5.75 Å². The van der Waals surface area contributed by atoms with Gasteiger partial charge < -0.3 is 14.2 Å². The van der Waals surface area contributed by atoms with Crippen molar-refractivity contribution in [1.29, 1.82) is 0 Å². The third-order valence-electron chi connectivity index (χ3n) is 4.53. The minimum absolute atomic E-state index is 0.0778. The number of nitrogens with zero attached hydrogens (tertiary/aromatic N) is 3. The SMILES string of the molecule is COc1cccc(N2CCN(C(C)C(=O)Nc3cc(C)no3)CC2)c1. The zero-order valence-corrected chi connectivity index (χ0v) is 14.9. The number of ether oxygens (including phenoxy) is 1. The molecule has 7 heteroatoms. The van der Waals surface area contributed by atoms with E-state index in [2.05, 4.69) is 26.3 Å². The van der Waals surface area contributed by atoms with E-state index in [-0.39, 0.29) is 11.9 Å². The standard InChI is InChI=1S/C18H24N4O3/c1-13-11-17(25-20-13)19-18(23)14(2)21-7-9-22(10-8-21)15-5-4-6-16(12-15)24-3/h4-6,11-12,14H,7-10H2,1-3H3,(H,19,23). The molecule has 1 saturated heterocycles. The van der Waals surface area contributed by atoms with Crippen LogP contribution < -0.4 is 15.0 Å². The van der Waals surface area contributed by atoms with Gasteiger partial charge in [-0.15, -0.1) is 0 Å². The second kappa shape index (κ2) is 7.57. The van der Waals surface area contributed by atoms with Crippen LogP contribution in [0, 0.1) is 6.92 Å². The van der Waals surface area contributed by atoms with Crippen molar-refractivity contribution in [3.63, 3.8) is 0 Å². The average molecular weight is 344 g/mol. The van der Waals surface area contributed by atoms with Gasteiger partial charge in [-0.2, -0.15) is 0 Å². The molecule has 0 saturated carbocycles. The quantitative estimate of drug-likeness (QED) is 0.896. The maximum atomic E-state index is 12.4. The fourth-order valence-corrected chi connectivity index (χ4v) is 2.99.